The Morgan fingerprint density at radius 1 is 1.04 bits per heavy atom. The number of nitriles is 1. The monoisotopic (exact) mass is 377 g/mol. The van der Waals surface area contributed by atoms with Gasteiger partial charge >= 0.3 is 0 Å². The summed E-state index contributed by atoms with van der Waals surface area (Å²) in [7, 11) is 0. The third-order valence-electron chi connectivity index (χ3n) is 4.99. The van der Waals surface area contributed by atoms with Crippen LogP contribution in [0.15, 0.2) is 42.5 Å². The second-order valence-corrected chi connectivity index (χ2v) is 7.30. The molecule has 0 saturated carbocycles. The summed E-state index contributed by atoms with van der Waals surface area (Å²) in [5.41, 5.74) is 4.10. The van der Waals surface area contributed by atoms with E-state index in [0.717, 1.165) is 48.6 Å². The number of nitrogens with zero attached hydrogens (tertiary/aromatic N) is 3. The summed E-state index contributed by atoms with van der Waals surface area (Å²) in [5, 5.41) is 8.93. The zero-order chi connectivity index (χ0) is 19.9. The fraction of sp³-hybridized carbons (Fsp3) is 0.391. The molecular formula is C23H27N3O2. The van der Waals surface area contributed by atoms with Gasteiger partial charge in [0.05, 0.1) is 24.7 Å². The molecule has 1 aliphatic rings. The van der Waals surface area contributed by atoms with E-state index in [9.17, 15) is 4.79 Å². The maximum atomic E-state index is 12.6. The number of carbonyl (C=O) groups excluding carboxylic acids is 1. The van der Waals surface area contributed by atoms with Gasteiger partial charge in [-0.1, -0.05) is 6.07 Å². The molecule has 0 spiro atoms. The molecule has 1 aliphatic heterocycles. The highest BCUT2D eigenvalue weighted by Gasteiger charge is 2.19. The van der Waals surface area contributed by atoms with E-state index in [4.69, 9.17) is 10.00 Å². The molecule has 1 fully saturated rings. The molecule has 1 amide bonds. The van der Waals surface area contributed by atoms with Crippen LogP contribution in [0.2, 0.25) is 0 Å². The number of hydrogen-bond donors (Lipinski definition) is 0. The van der Waals surface area contributed by atoms with E-state index in [2.05, 4.69) is 17.0 Å². The van der Waals surface area contributed by atoms with Crippen molar-refractivity contribution in [2.75, 3.05) is 37.7 Å². The zero-order valence-corrected chi connectivity index (χ0v) is 16.6. The third-order valence-corrected chi connectivity index (χ3v) is 4.99. The number of benzene rings is 2. The molecule has 0 unspecified atom stereocenters. The second-order valence-electron chi connectivity index (χ2n) is 7.30. The fourth-order valence-electron chi connectivity index (χ4n) is 3.60. The van der Waals surface area contributed by atoms with Gasteiger partial charge in [0.1, 0.15) is 5.75 Å². The van der Waals surface area contributed by atoms with E-state index in [1.54, 1.807) is 0 Å². The molecule has 0 radical (unpaired) electrons. The summed E-state index contributed by atoms with van der Waals surface area (Å²) in [6, 6.07) is 15.9. The Balaban J connectivity index is 1.49. The molecule has 0 N–H and O–H groups in total. The molecule has 5 heteroatoms. The lowest BCUT2D eigenvalue weighted by Crippen LogP contribution is -2.35. The van der Waals surface area contributed by atoms with Gasteiger partial charge in [-0.3, -0.25) is 4.79 Å². The van der Waals surface area contributed by atoms with E-state index in [1.807, 2.05) is 55.1 Å². The van der Waals surface area contributed by atoms with Crippen molar-refractivity contribution < 1.29 is 9.53 Å². The number of ether oxygens (including phenoxy) is 1. The molecule has 5 nitrogen and oxygen atoms in total. The van der Waals surface area contributed by atoms with E-state index in [0.29, 0.717) is 25.1 Å². The number of amides is 1. The summed E-state index contributed by atoms with van der Waals surface area (Å²) in [5.74, 6) is 0.971. The first-order valence-corrected chi connectivity index (χ1v) is 9.79. The van der Waals surface area contributed by atoms with Crippen LogP contribution in [0.25, 0.3) is 0 Å². The van der Waals surface area contributed by atoms with E-state index in [-0.39, 0.29) is 5.91 Å². The molecule has 0 bridgehead atoms. The predicted molar refractivity (Wildman–Crippen MR) is 111 cm³/mol. The van der Waals surface area contributed by atoms with Crippen molar-refractivity contribution in [1.29, 1.82) is 5.26 Å². The highest BCUT2D eigenvalue weighted by atomic mass is 16.5. The predicted octanol–water partition coefficient (Wildman–Crippen LogP) is 3.68. The number of hydrogen-bond acceptors (Lipinski definition) is 4. The van der Waals surface area contributed by atoms with Crippen molar-refractivity contribution in [2.45, 2.75) is 26.7 Å². The molecule has 1 heterocycles. The molecule has 146 valence electrons. The van der Waals surface area contributed by atoms with Gasteiger partial charge in [0.2, 0.25) is 5.91 Å². The maximum absolute atomic E-state index is 12.6. The molecular weight excluding hydrogens is 350 g/mol. The zero-order valence-electron chi connectivity index (χ0n) is 16.6. The molecule has 0 aliphatic carbocycles. The fourth-order valence-corrected chi connectivity index (χ4v) is 3.60. The van der Waals surface area contributed by atoms with Gasteiger partial charge in [-0.2, -0.15) is 5.26 Å². The van der Waals surface area contributed by atoms with Crippen LogP contribution in [0.3, 0.4) is 0 Å². The van der Waals surface area contributed by atoms with Crippen LogP contribution < -0.4 is 9.64 Å². The molecule has 1 saturated heterocycles. The van der Waals surface area contributed by atoms with Gasteiger partial charge in [0, 0.05) is 31.9 Å². The van der Waals surface area contributed by atoms with Gasteiger partial charge < -0.3 is 14.5 Å². The average Bonchev–Trinajstić information content (AvgIpc) is 2.93. The van der Waals surface area contributed by atoms with Gasteiger partial charge in [0.25, 0.3) is 0 Å². The Hall–Kier alpha value is -3.00. The minimum Gasteiger partial charge on any atom is -0.493 e. The Kier molecular flexibility index (Phi) is 6.54. The normalized spacial score (nSPS) is 14.3. The lowest BCUT2D eigenvalue weighted by Gasteiger charge is -2.24. The highest BCUT2D eigenvalue weighted by molar-refractivity contribution is 5.76. The minimum absolute atomic E-state index is 0.144. The number of aryl methyl sites for hydroxylation is 2. The number of carbonyl (C=O) groups is 1. The van der Waals surface area contributed by atoms with Crippen LogP contribution in [0.4, 0.5) is 5.69 Å². The summed E-state index contributed by atoms with van der Waals surface area (Å²) in [4.78, 5) is 16.8. The summed E-state index contributed by atoms with van der Waals surface area (Å²) >= 11 is 0. The third kappa shape index (κ3) is 5.26. The first-order chi connectivity index (χ1) is 13.5. The SMILES string of the molecule is Cc1cc(C)cc(OCCC(=O)N2CCCN(c3ccc(C#N)cc3)CC2)c1. The van der Waals surface area contributed by atoms with Crippen molar-refractivity contribution in [1.82, 2.24) is 4.90 Å². The molecule has 3 rings (SSSR count). The van der Waals surface area contributed by atoms with E-state index < -0.39 is 0 Å². The summed E-state index contributed by atoms with van der Waals surface area (Å²) in [6.45, 7) is 7.68. The largest absolute Gasteiger partial charge is 0.493 e. The summed E-state index contributed by atoms with van der Waals surface area (Å²) < 4.78 is 5.79. The Labute approximate surface area is 167 Å². The summed E-state index contributed by atoms with van der Waals surface area (Å²) in [6.07, 6.45) is 1.33. The first kappa shape index (κ1) is 19.8. The van der Waals surface area contributed by atoms with Crippen LogP contribution in [0.5, 0.6) is 5.75 Å². The van der Waals surface area contributed by atoms with Crippen LogP contribution in [0, 0.1) is 25.2 Å². The molecule has 28 heavy (non-hydrogen) atoms. The van der Waals surface area contributed by atoms with Crippen LogP contribution in [-0.2, 0) is 4.79 Å². The average molecular weight is 377 g/mol. The number of anilines is 1. The lowest BCUT2D eigenvalue weighted by atomic mass is 10.1. The van der Waals surface area contributed by atoms with Gasteiger partial charge in [-0.05, 0) is 67.8 Å². The van der Waals surface area contributed by atoms with Gasteiger partial charge in [0.15, 0.2) is 0 Å². The molecule has 2 aromatic rings. The van der Waals surface area contributed by atoms with Crippen LogP contribution >= 0.6 is 0 Å². The van der Waals surface area contributed by atoms with Crippen molar-refractivity contribution in [3.05, 3.63) is 59.2 Å². The Morgan fingerprint density at radius 3 is 2.43 bits per heavy atom. The smallest absolute Gasteiger partial charge is 0.226 e. The Morgan fingerprint density at radius 2 is 1.75 bits per heavy atom. The van der Waals surface area contributed by atoms with Crippen molar-refractivity contribution in [2.24, 2.45) is 0 Å². The van der Waals surface area contributed by atoms with Gasteiger partial charge in [-0.15, -0.1) is 0 Å². The Bertz CT molecular complexity index is 835. The number of rotatable bonds is 5. The quantitative estimate of drug-likeness (QED) is 0.798. The van der Waals surface area contributed by atoms with Crippen LogP contribution in [0.1, 0.15) is 29.5 Å². The maximum Gasteiger partial charge on any atom is 0.226 e. The minimum atomic E-state index is 0.144. The first-order valence-electron chi connectivity index (χ1n) is 9.79. The van der Waals surface area contributed by atoms with Gasteiger partial charge in [-0.25, -0.2) is 0 Å². The van der Waals surface area contributed by atoms with Crippen molar-refractivity contribution in [3.8, 4) is 11.8 Å². The topological polar surface area (TPSA) is 56.6 Å². The molecule has 2 aromatic carbocycles. The molecule has 0 aromatic heterocycles. The van der Waals surface area contributed by atoms with Crippen molar-refractivity contribution >= 4 is 11.6 Å². The van der Waals surface area contributed by atoms with E-state index >= 15 is 0 Å². The van der Waals surface area contributed by atoms with Crippen LogP contribution in [-0.4, -0.2) is 43.6 Å². The molecule has 0 atom stereocenters. The standard InChI is InChI=1S/C23H27N3O2/c1-18-14-19(2)16-22(15-18)28-13-8-23(27)26-10-3-9-25(11-12-26)21-6-4-20(17-24)5-7-21/h4-7,14-16H,3,8-13H2,1-2H3. The van der Waals surface area contributed by atoms with Crippen molar-refractivity contribution in [3.63, 3.8) is 0 Å². The second kappa shape index (κ2) is 9.27. The lowest BCUT2D eigenvalue weighted by molar-refractivity contribution is -0.131. The highest BCUT2D eigenvalue weighted by Crippen LogP contribution is 2.18. The van der Waals surface area contributed by atoms with E-state index in [1.165, 1.54) is 0 Å².